The SMILES string of the molecule is CC.Cc1ccc(C(=O)N[C@H](C(=O)N2C[C@H](Cl)[C@H]3OCC(=O)[C@H]32)C2CCCC2)s1. The maximum absolute atomic E-state index is 13.4. The number of halogens is 1. The van der Waals surface area contributed by atoms with E-state index in [1.807, 2.05) is 26.8 Å². The number of carbonyl (C=O) groups excluding carboxylic acids is 3. The van der Waals surface area contributed by atoms with Gasteiger partial charge in [-0.2, -0.15) is 0 Å². The molecule has 4 rings (SSSR count). The average molecular weight is 441 g/mol. The van der Waals surface area contributed by atoms with Gasteiger partial charge in [0.25, 0.3) is 5.91 Å². The Hall–Kier alpha value is -1.44. The van der Waals surface area contributed by atoms with Gasteiger partial charge in [0, 0.05) is 11.4 Å². The minimum atomic E-state index is -0.626. The van der Waals surface area contributed by atoms with Crippen LogP contribution in [0.4, 0.5) is 0 Å². The summed E-state index contributed by atoms with van der Waals surface area (Å²) >= 11 is 7.74. The molecule has 2 saturated heterocycles. The van der Waals surface area contributed by atoms with E-state index in [1.54, 1.807) is 11.0 Å². The van der Waals surface area contributed by atoms with E-state index >= 15 is 0 Å². The molecule has 1 aliphatic carbocycles. The molecule has 1 saturated carbocycles. The zero-order valence-electron chi connectivity index (χ0n) is 17.2. The highest BCUT2D eigenvalue weighted by molar-refractivity contribution is 7.13. The molecular formula is C21H29ClN2O4S. The van der Waals surface area contributed by atoms with Crippen LogP contribution in [-0.2, 0) is 14.3 Å². The number of Topliss-reactive ketones (excluding diaryl/α,β-unsaturated/α-hetero) is 1. The lowest BCUT2D eigenvalue weighted by Gasteiger charge is -2.30. The number of hydrogen-bond donors (Lipinski definition) is 1. The minimum Gasteiger partial charge on any atom is -0.366 e. The molecule has 0 aromatic carbocycles. The zero-order chi connectivity index (χ0) is 21.1. The molecule has 3 aliphatic rings. The Balaban J connectivity index is 0.00000117. The van der Waals surface area contributed by atoms with Gasteiger partial charge in [0.1, 0.15) is 24.8 Å². The smallest absolute Gasteiger partial charge is 0.262 e. The standard InChI is InChI=1S/C19H23ClN2O4S.C2H6/c1-10-6-7-14(27-10)18(24)21-15(11-4-2-3-5-11)19(25)22-8-12(20)17-16(22)13(23)9-26-17;1-2/h6-7,11-12,15-17H,2-5,8-9H2,1H3,(H,21,24);1-2H3/t12-,15-,16+,17+;/m0./s1. The van der Waals surface area contributed by atoms with Gasteiger partial charge in [-0.25, -0.2) is 0 Å². The lowest BCUT2D eigenvalue weighted by Crippen LogP contribution is -2.54. The van der Waals surface area contributed by atoms with Crippen LogP contribution in [0, 0.1) is 12.8 Å². The van der Waals surface area contributed by atoms with E-state index < -0.39 is 23.6 Å². The molecule has 8 heteroatoms. The summed E-state index contributed by atoms with van der Waals surface area (Å²) in [5.41, 5.74) is 0. The largest absolute Gasteiger partial charge is 0.366 e. The van der Waals surface area contributed by atoms with E-state index in [0.717, 1.165) is 30.6 Å². The lowest BCUT2D eigenvalue weighted by molar-refractivity contribution is -0.139. The van der Waals surface area contributed by atoms with E-state index in [1.165, 1.54) is 11.3 Å². The van der Waals surface area contributed by atoms with Crippen LogP contribution in [0.1, 0.15) is 54.1 Å². The van der Waals surface area contributed by atoms with Crippen molar-refractivity contribution in [2.75, 3.05) is 13.2 Å². The van der Waals surface area contributed by atoms with Gasteiger partial charge in [-0.15, -0.1) is 22.9 Å². The van der Waals surface area contributed by atoms with Crippen molar-refractivity contribution in [2.24, 2.45) is 5.92 Å². The zero-order valence-corrected chi connectivity index (χ0v) is 18.7. The number of ether oxygens (including phenoxy) is 1. The van der Waals surface area contributed by atoms with Gasteiger partial charge in [0.2, 0.25) is 5.91 Å². The summed E-state index contributed by atoms with van der Waals surface area (Å²) in [6.45, 7) is 6.22. The highest BCUT2D eigenvalue weighted by atomic mass is 35.5. The molecule has 2 amide bonds. The summed E-state index contributed by atoms with van der Waals surface area (Å²) in [6, 6.07) is 2.42. The molecule has 4 atom stereocenters. The van der Waals surface area contributed by atoms with Crippen molar-refractivity contribution in [2.45, 2.75) is 70.0 Å². The highest BCUT2D eigenvalue weighted by Crippen LogP contribution is 2.34. The Morgan fingerprint density at radius 1 is 1.28 bits per heavy atom. The third kappa shape index (κ3) is 4.52. The highest BCUT2D eigenvalue weighted by Gasteiger charge is 2.53. The Kier molecular flexibility index (Phi) is 7.35. The molecule has 0 unspecified atom stereocenters. The minimum absolute atomic E-state index is 0.00272. The van der Waals surface area contributed by atoms with Gasteiger partial charge < -0.3 is 15.0 Å². The van der Waals surface area contributed by atoms with Gasteiger partial charge in [-0.3, -0.25) is 14.4 Å². The topological polar surface area (TPSA) is 75.7 Å². The molecule has 1 aromatic rings. The van der Waals surface area contributed by atoms with E-state index in [0.29, 0.717) is 4.88 Å². The molecule has 3 heterocycles. The molecule has 1 aromatic heterocycles. The van der Waals surface area contributed by atoms with Crippen LogP contribution < -0.4 is 5.32 Å². The normalized spacial score (nSPS) is 27.4. The third-order valence-electron chi connectivity index (χ3n) is 5.79. The van der Waals surface area contributed by atoms with Crippen LogP contribution >= 0.6 is 22.9 Å². The van der Waals surface area contributed by atoms with Gasteiger partial charge in [-0.05, 0) is 37.8 Å². The van der Waals surface area contributed by atoms with Crippen molar-refractivity contribution >= 4 is 40.5 Å². The first-order chi connectivity index (χ1) is 14.0. The van der Waals surface area contributed by atoms with Crippen LogP contribution in [-0.4, -0.2) is 59.2 Å². The van der Waals surface area contributed by atoms with Crippen molar-refractivity contribution < 1.29 is 19.1 Å². The summed E-state index contributed by atoms with van der Waals surface area (Å²) in [4.78, 5) is 41.5. The first kappa shape index (κ1) is 22.2. The predicted octanol–water partition coefficient (Wildman–Crippen LogP) is 3.16. The molecule has 3 fully saturated rings. The number of aryl methyl sites for hydroxylation is 1. The quantitative estimate of drug-likeness (QED) is 0.729. The lowest BCUT2D eigenvalue weighted by atomic mass is 9.96. The molecule has 0 spiro atoms. The van der Waals surface area contributed by atoms with Crippen molar-refractivity contribution in [3.05, 3.63) is 21.9 Å². The number of amides is 2. The first-order valence-electron chi connectivity index (χ1n) is 10.4. The van der Waals surface area contributed by atoms with Crippen molar-refractivity contribution in [1.82, 2.24) is 10.2 Å². The second kappa shape index (κ2) is 9.58. The van der Waals surface area contributed by atoms with Crippen LogP contribution in [0.25, 0.3) is 0 Å². The van der Waals surface area contributed by atoms with Crippen LogP contribution in [0.5, 0.6) is 0 Å². The molecule has 0 radical (unpaired) electrons. The third-order valence-corrected chi connectivity index (χ3v) is 7.18. The van der Waals surface area contributed by atoms with Gasteiger partial charge in [0.05, 0.1) is 10.3 Å². The summed E-state index contributed by atoms with van der Waals surface area (Å²) in [7, 11) is 0. The van der Waals surface area contributed by atoms with Gasteiger partial charge >= 0.3 is 0 Å². The fourth-order valence-corrected chi connectivity index (χ4v) is 5.57. The Labute approximate surface area is 180 Å². The van der Waals surface area contributed by atoms with Crippen LogP contribution in [0.15, 0.2) is 12.1 Å². The number of thiophene rings is 1. The second-order valence-corrected chi connectivity index (χ2v) is 9.45. The number of carbonyl (C=O) groups is 3. The number of ketones is 1. The number of fused-ring (bicyclic) bond motifs is 1. The average Bonchev–Trinajstić information content (AvgIpc) is 3.49. The maximum Gasteiger partial charge on any atom is 0.262 e. The second-order valence-electron chi connectivity index (χ2n) is 7.60. The van der Waals surface area contributed by atoms with Crippen LogP contribution in [0.2, 0.25) is 0 Å². The number of nitrogens with zero attached hydrogens (tertiary/aromatic N) is 1. The summed E-state index contributed by atoms with van der Waals surface area (Å²) in [5, 5.41) is 2.56. The van der Waals surface area contributed by atoms with E-state index in [2.05, 4.69) is 5.32 Å². The number of rotatable bonds is 4. The predicted molar refractivity (Wildman–Crippen MR) is 114 cm³/mol. The first-order valence-corrected chi connectivity index (χ1v) is 11.7. The summed E-state index contributed by atoms with van der Waals surface area (Å²) < 4.78 is 5.48. The van der Waals surface area contributed by atoms with E-state index in [-0.39, 0.29) is 36.7 Å². The van der Waals surface area contributed by atoms with E-state index in [4.69, 9.17) is 16.3 Å². The number of likely N-dealkylation sites (tertiary alicyclic amines) is 1. The van der Waals surface area contributed by atoms with Crippen molar-refractivity contribution in [1.29, 1.82) is 0 Å². The van der Waals surface area contributed by atoms with Gasteiger partial charge in [0.15, 0.2) is 5.78 Å². The Morgan fingerprint density at radius 3 is 2.59 bits per heavy atom. The Bertz CT molecular complexity index is 762. The Morgan fingerprint density at radius 2 is 1.97 bits per heavy atom. The summed E-state index contributed by atoms with van der Waals surface area (Å²) in [6.07, 6.45) is 3.46. The van der Waals surface area contributed by atoms with Gasteiger partial charge in [-0.1, -0.05) is 26.7 Å². The van der Waals surface area contributed by atoms with Crippen molar-refractivity contribution in [3.8, 4) is 0 Å². The molecule has 29 heavy (non-hydrogen) atoms. The fourth-order valence-electron chi connectivity index (χ4n) is 4.44. The molecule has 2 aliphatic heterocycles. The number of alkyl halides is 1. The molecular weight excluding hydrogens is 412 g/mol. The number of hydrogen-bond acceptors (Lipinski definition) is 5. The molecule has 0 bridgehead atoms. The fraction of sp³-hybridized carbons (Fsp3) is 0.667. The maximum atomic E-state index is 13.4. The molecule has 1 N–H and O–H groups in total. The molecule has 6 nitrogen and oxygen atoms in total. The summed E-state index contributed by atoms with van der Waals surface area (Å²) in [5.74, 6) is -0.458. The van der Waals surface area contributed by atoms with E-state index in [9.17, 15) is 14.4 Å². The van der Waals surface area contributed by atoms with Crippen LogP contribution in [0.3, 0.4) is 0 Å². The monoisotopic (exact) mass is 440 g/mol. The number of nitrogens with one attached hydrogen (secondary N) is 1. The van der Waals surface area contributed by atoms with Crippen molar-refractivity contribution in [3.63, 3.8) is 0 Å². The molecule has 160 valence electrons.